The van der Waals surface area contributed by atoms with E-state index in [9.17, 15) is 14.4 Å². The average molecular weight is 285 g/mol. The van der Waals surface area contributed by atoms with E-state index in [1.54, 1.807) is 6.07 Å². The van der Waals surface area contributed by atoms with Gasteiger partial charge in [0, 0.05) is 18.8 Å². The van der Waals surface area contributed by atoms with Gasteiger partial charge in [0.25, 0.3) is 11.7 Å². The zero-order valence-electron chi connectivity index (χ0n) is 11.4. The van der Waals surface area contributed by atoms with E-state index in [0.717, 1.165) is 25.1 Å². The van der Waals surface area contributed by atoms with Crippen LogP contribution in [0.15, 0.2) is 18.2 Å². The van der Waals surface area contributed by atoms with Crippen LogP contribution in [0.4, 0.5) is 11.4 Å². The van der Waals surface area contributed by atoms with Gasteiger partial charge in [0.2, 0.25) is 5.91 Å². The van der Waals surface area contributed by atoms with Gasteiger partial charge in [-0.1, -0.05) is 0 Å². The molecule has 2 atom stereocenters. The number of nitrogens with one attached hydrogen (secondary N) is 2. The van der Waals surface area contributed by atoms with Crippen molar-refractivity contribution in [2.45, 2.75) is 18.9 Å². The summed E-state index contributed by atoms with van der Waals surface area (Å²) in [5.41, 5.74) is 1.95. The van der Waals surface area contributed by atoms with Crippen LogP contribution in [0.5, 0.6) is 0 Å². The van der Waals surface area contributed by atoms with E-state index < -0.39 is 11.7 Å². The molecule has 2 N–H and O–H groups in total. The minimum absolute atomic E-state index is 0.0447. The van der Waals surface area contributed by atoms with Crippen LogP contribution >= 0.6 is 0 Å². The van der Waals surface area contributed by atoms with E-state index in [2.05, 4.69) is 15.5 Å². The lowest BCUT2D eigenvalue weighted by molar-refractivity contribution is -0.123. The van der Waals surface area contributed by atoms with Crippen molar-refractivity contribution < 1.29 is 14.4 Å². The third-order valence-electron chi connectivity index (χ3n) is 4.63. The van der Waals surface area contributed by atoms with E-state index in [0.29, 0.717) is 17.8 Å². The molecule has 108 valence electrons. The van der Waals surface area contributed by atoms with Crippen LogP contribution in [0.3, 0.4) is 0 Å². The zero-order valence-corrected chi connectivity index (χ0v) is 11.4. The molecule has 6 heteroatoms. The number of benzene rings is 1. The fourth-order valence-electron chi connectivity index (χ4n) is 3.59. The van der Waals surface area contributed by atoms with Gasteiger partial charge in [-0.05, 0) is 31.0 Å². The van der Waals surface area contributed by atoms with Gasteiger partial charge in [-0.25, -0.2) is 0 Å². The number of hydrogen-bond donors (Lipinski definition) is 2. The summed E-state index contributed by atoms with van der Waals surface area (Å²) in [6.07, 6.45) is 1.89. The lowest BCUT2D eigenvalue weighted by Gasteiger charge is -2.37. The molecular formula is C15H15N3O3. The van der Waals surface area contributed by atoms with Crippen molar-refractivity contribution in [1.29, 1.82) is 0 Å². The first kappa shape index (κ1) is 12.4. The SMILES string of the molecule is O=C1Nc2cc(N3CCCC4C(=O)NCC43)ccc2C1=O. The third kappa shape index (κ3) is 1.75. The second-order valence-electron chi connectivity index (χ2n) is 5.77. The molecule has 6 nitrogen and oxygen atoms in total. The molecule has 0 aromatic heterocycles. The fraction of sp³-hybridized carbons (Fsp3) is 0.400. The fourth-order valence-corrected chi connectivity index (χ4v) is 3.59. The van der Waals surface area contributed by atoms with Crippen LogP contribution in [0, 0.1) is 5.92 Å². The van der Waals surface area contributed by atoms with E-state index in [1.165, 1.54) is 0 Å². The number of ketones is 1. The first-order chi connectivity index (χ1) is 10.1. The summed E-state index contributed by atoms with van der Waals surface area (Å²) in [5.74, 6) is -0.875. The Morgan fingerprint density at radius 1 is 1.19 bits per heavy atom. The van der Waals surface area contributed by atoms with Crippen molar-refractivity contribution in [1.82, 2.24) is 5.32 Å². The second-order valence-corrected chi connectivity index (χ2v) is 5.77. The van der Waals surface area contributed by atoms with Gasteiger partial charge in [-0.3, -0.25) is 14.4 Å². The van der Waals surface area contributed by atoms with Crippen molar-refractivity contribution in [3.05, 3.63) is 23.8 Å². The van der Waals surface area contributed by atoms with Crippen LogP contribution in [-0.4, -0.2) is 36.7 Å². The number of nitrogens with zero attached hydrogens (tertiary/aromatic N) is 1. The minimum atomic E-state index is -0.573. The highest BCUT2D eigenvalue weighted by molar-refractivity contribution is 6.51. The number of carbonyl (C=O) groups is 3. The molecule has 2 amide bonds. The Hall–Kier alpha value is -2.37. The predicted octanol–water partition coefficient (Wildman–Crippen LogP) is 0.536. The molecule has 1 aromatic carbocycles. The molecule has 0 saturated carbocycles. The Labute approximate surface area is 121 Å². The molecule has 2 fully saturated rings. The standard InChI is InChI=1S/C15H15N3O3/c19-13-9-4-3-8(6-11(9)17-15(13)21)18-5-1-2-10-12(18)7-16-14(10)20/h3-4,6,10,12H,1-2,5,7H2,(H,16,20)(H,17,19,21). The number of rotatable bonds is 1. The monoisotopic (exact) mass is 285 g/mol. The zero-order chi connectivity index (χ0) is 14.6. The van der Waals surface area contributed by atoms with Gasteiger partial charge in [-0.2, -0.15) is 0 Å². The Morgan fingerprint density at radius 3 is 2.90 bits per heavy atom. The maximum absolute atomic E-state index is 11.8. The maximum atomic E-state index is 11.8. The van der Waals surface area contributed by atoms with Crippen molar-refractivity contribution in [3.8, 4) is 0 Å². The molecule has 21 heavy (non-hydrogen) atoms. The molecule has 1 aromatic rings. The highest BCUT2D eigenvalue weighted by Crippen LogP contribution is 2.34. The molecule has 0 bridgehead atoms. The van der Waals surface area contributed by atoms with Crippen LogP contribution in [-0.2, 0) is 9.59 Å². The lowest BCUT2D eigenvalue weighted by atomic mass is 9.91. The summed E-state index contributed by atoms with van der Waals surface area (Å²) in [5, 5.41) is 5.52. The number of hydrogen-bond acceptors (Lipinski definition) is 4. The van der Waals surface area contributed by atoms with Crippen LogP contribution in [0.1, 0.15) is 23.2 Å². The Bertz CT molecular complexity index is 670. The lowest BCUT2D eigenvalue weighted by Crippen LogP contribution is -2.45. The van der Waals surface area contributed by atoms with Gasteiger partial charge in [-0.15, -0.1) is 0 Å². The molecule has 0 aliphatic carbocycles. The molecule has 0 radical (unpaired) electrons. The Kier molecular flexibility index (Phi) is 2.54. The number of piperidine rings is 1. The van der Waals surface area contributed by atoms with Gasteiger partial charge in [0.05, 0.1) is 23.2 Å². The summed E-state index contributed by atoms with van der Waals surface area (Å²) in [6, 6.07) is 5.56. The van der Waals surface area contributed by atoms with Crippen molar-refractivity contribution in [2.24, 2.45) is 5.92 Å². The van der Waals surface area contributed by atoms with Gasteiger partial charge in [0.1, 0.15) is 0 Å². The van der Waals surface area contributed by atoms with Crippen LogP contribution in [0.25, 0.3) is 0 Å². The van der Waals surface area contributed by atoms with Crippen LogP contribution in [0.2, 0.25) is 0 Å². The summed E-state index contributed by atoms with van der Waals surface area (Å²) in [7, 11) is 0. The quantitative estimate of drug-likeness (QED) is 0.738. The van der Waals surface area contributed by atoms with E-state index in [1.807, 2.05) is 12.1 Å². The third-order valence-corrected chi connectivity index (χ3v) is 4.63. The minimum Gasteiger partial charge on any atom is -0.366 e. The highest BCUT2D eigenvalue weighted by Gasteiger charge is 2.41. The Balaban J connectivity index is 1.68. The van der Waals surface area contributed by atoms with Crippen LogP contribution < -0.4 is 15.5 Å². The normalized spacial score (nSPS) is 27.2. The van der Waals surface area contributed by atoms with Crippen molar-refractivity contribution in [3.63, 3.8) is 0 Å². The molecule has 3 aliphatic heterocycles. The molecular weight excluding hydrogens is 270 g/mol. The average Bonchev–Trinajstić information content (AvgIpc) is 3.00. The van der Waals surface area contributed by atoms with Gasteiger partial charge >= 0.3 is 0 Å². The highest BCUT2D eigenvalue weighted by atomic mass is 16.2. The largest absolute Gasteiger partial charge is 0.366 e. The molecule has 0 spiro atoms. The Morgan fingerprint density at radius 2 is 2.05 bits per heavy atom. The van der Waals surface area contributed by atoms with Crippen molar-refractivity contribution >= 4 is 29.0 Å². The van der Waals surface area contributed by atoms with Gasteiger partial charge in [0.15, 0.2) is 0 Å². The second kappa shape index (κ2) is 4.31. The number of anilines is 2. The van der Waals surface area contributed by atoms with Crippen molar-refractivity contribution in [2.75, 3.05) is 23.3 Å². The van der Waals surface area contributed by atoms with E-state index >= 15 is 0 Å². The summed E-state index contributed by atoms with van der Waals surface area (Å²) in [6.45, 7) is 1.54. The van der Waals surface area contributed by atoms with E-state index in [-0.39, 0.29) is 17.9 Å². The van der Waals surface area contributed by atoms with E-state index in [4.69, 9.17) is 0 Å². The predicted molar refractivity (Wildman–Crippen MR) is 76.3 cm³/mol. The number of carbonyl (C=O) groups excluding carboxylic acids is 3. The topological polar surface area (TPSA) is 78.5 Å². The first-order valence-electron chi connectivity index (χ1n) is 7.19. The molecule has 2 unspecified atom stereocenters. The van der Waals surface area contributed by atoms with Gasteiger partial charge < -0.3 is 15.5 Å². The molecule has 3 aliphatic rings. The summed E-state index contributed by atoms with van der Waals surface area (Å²) >= 11 is 0. The summed E-state index contributed by atoms with van der Waals surface area (Å²) < 4.78 is 0. The molecule has 3 heterocycles. The molecule has 4 rings (SSSR count). The first-order valence-corrected chi connectivity index (χ1v) is 7.19. The molecule has 2 saturated heterocycles. The number of Topliss-reactive ketones (excluding diaryl/α,β-unsaturated/α-hetero) is 1. The smallest absolute Gasteiger partial charge is 0.296 e. The summed E-state index contributed by atoms with van der Waals surface area (Å²) in [4.78, 5) is 37.1. The maximum Gasteiger partial charge on any atom is 0.296 e. The number of amides is 2. The number of fused-ring (bicyclic) bond motifs is 2.